The molecule has 0 radical (unpaired) electrons. The largest absolute Gasteiger partial charge is 0.335 e. The van der Waals surface area contributed by atoms with E-state index in [1.165, 1.54) is 5.56 Å². The van der Waals surface area contributed by atoms with E-state index in [0.717, 1.165) is 45.1 Å². The summed E-state index contributed by atoms with van der Waals surface area (Å²) in [5.74, 6) is 0.459. The molecule has 1 saturated carbocycles. The number of nitrogens with two attached hydrogens (primary N) is 1. The molecule has 1 saturated heterocycles. The Morgan fingerprint density at radius 2 is 1.95 bits per heavy atom. The lowest BCUT2D eigenvalue weighted by Gasteiger charge is -2.32. The Bertz CT molecular complexity index is 468. The van der Waals surface area contributed by atoms with E-state index in [1.807, 2.05) is 24.5 Å². The van der Waals surface area contributed by atoms with Gasteiger partial charge in [0.1, 0.15) is 0 Å². The Kier molecular flexibility index (Phi) is 5.59. The second-order valence-corrected chi connectivity index (χ2v) is 6.09. The van der Waals surface area contributed by atoms with Crippen molar-refractivity contribution in [3.05, 3.63) is 30.1 Å². The Hall–Kier alpha value is -1.13. The monoisotopic (exact) mass is 309 g/mol. The van der Waals surface area contributed by atoms with E-state index in [4.69, 9.17) is 5.73 Å². The van der Waals surface area contributed by atoms with Gasteiger partial charge in [0.05, 0.1) is 6.04 Å². The summed E-state index contributed by atoms with van der Waals surface area (Å²) in [5.41, 5.74) is 7.24. The van der Waals surface area contributed by atoms with Crippen LogP contribution in [-0.2, 0) is 4.79 Å². The van der Waals surface area contributed by atoms with Crippen molar-refractivity contribution < 1.29 is 4.79 Å². The normalized spacial score (nSPS) is 29.0. The van der Waals surface area contributed by atoms with Gasteiger partial charge in [-0.1, -0.05) is 6.42 Å². The van der Waals surface area contributed by atoms with E-state index < -0.39 is 0 Å². The van der Waals surface area contributed by atoms with Gasteiger partial charge in [0, 0.05) is 30.9 Å². The zero-order chi connectivity index (χ0) is 13.9. The summed E-state index contributed by atoms with van der Waals surface area (Å²) in [6.07, 6.45) is 9.80. The number of carbonyl (C=O) groups is 1. The van der Waals surface area contributed by atoms with Crippen molar-refractivity contribution in [3.8, 4) is 0 Å². The first-order valence-corrected chi connectivity index (χ1v) is 7.71. The van der Waals surface area contributed by atoms with Gasteiger partial charge in [-0.15, -0.1) is 12.4 Å². The molecule has 4 nitrogen and oxygen atoms in total. The van der Waals surface area contributed by atoms with E-state index in [0.29, 0.717) is 5.91 Å². The highest BCUT2D eigenvalue weighted by atomic mass is 35.5. The van der Waals surface area contributed by atoms with E-state index in [2.05, 4.69) is 9.88 Å². The number of hydrogen-bond donors (Lipinski definition) is 1. The summed E-state index contributed by atoms with van der Waals surface area (Å²) < 4.78 is 0. The lowest BCUT2D eigenvalue weighted by molar-refractivity contribution is -0.137. The number of carbonyl (C=O) groups excluding carboxylic acids is 1. The van der Waals surface area contributed by atoms with Crippen LogP contribution < -0.4 is 5.73 Å². The van der Waals surface area contributed by atoms with Gasteiger partial charge in [0.2, 0.25) is 5.91 Å². The van der Waals surface area contributed by atoms with Crippen LogP contribution in [0.15, 0.2) is 24.5 Å². The van der Waals surface area contributed by atoms with Crippen LogP contribution in [0.4, 0.5) is 0 Å². The zero-order valence-electron chi connectivity index (χ0n) is 12.3. The molecule has 5 heteroatoms. The van der Waals surface area contributed by atoms with Crippen molar-refractivity contribution in [1.29, 1.82) is 0 Å². The predicted molar refractivity (Wildman–Crippen MR) is 85.1 cm³/mol. The average Bonchev–Trinajstić information content (AvgIpc) is 2.97. The fourth-order valence-electron chi connectivity index (χ4n) is 3.65. The molecule has 3 rings (SSSR count). The number of nitrogens with zero attached hydrogens (tertiary/aromatic N) is 2. The molecular formula is C16H24ClN3O. The Morgan fingerprint density at radius 3 is 2.67 bits per heavy atom. The van der Waals surface area contributed by atoms with Crippen LogP contribution in [-0.4, -0.2) is 28.4 Å². The molecule has 3 unspecified atom stereocenters. The van der Waals surface area contributed by atoms with Crippen molar-refractivity contribution in [3.63, 3.8) is 0 Å². The van der Waals surface area contributed by atoms with Crippen LogP contribution in [0.1, 0.15) is 50.1 Å². The Morgan fingerprint density at radius 1 is 1.19 bits per heavy atom. The maximum Gasteiger partial charge on any atom is 0.226 e. The van der Waals surface area contributed by atoms with Crippen LogP contribution in [0.25, 0.3) is 0 Å². The van der Waals surface area contributed by atoms with Gasteiger partial charge in [-0.25, -0.2) is 0 Å². The number of hydrogen-bond acceptors (Lipinski definition) is 3. The minimum absolute atomic E-state index is 0. The van der Waals surface area contributed by atoms with Crippen molar-refractivity contribution in [2.24, 2.45) is 11.7 Å². The van der Waals surface area contributed by atoms with Crippen LogP contribution >= 0.6 is 12.4 Å². The summed E-state index contributed by atoms with van der Waals surface area (Å²) in [6, 6.07) is 4.51. The maximum absolute atomic E-state index is 12.8. The molecule has 116 valence electrons. The summed E-state index contributed by atoms with van der Waals surface area (Å²) in [7, 11) is 0. The molecule has 21 heavy (non-hydrogen) atoms. The second kappa shape index (κ2) is 7.23. The number of pyridine rings is 1. The van der Waals surface area contributed by atoms with Crippen LogP contribution in [0.2, 0.25) is 0 Å². The van der Waals surface area contributed by atoms with Gasteiger partial charge in [-0.05, 0) is 49.8 Å². The molecule has 1 aliphatic heterocycles. The van der Waals surface area contributed by atoms with Crippen molar-refractivity contribution in [1.82, 2.24) is 9.88 Å². The number of aromatic nitrogens is 1. The van der Waals surface area contributed by atoms with E-state index in [1.54, 1.807) is 0 Å². The van der Waals surface area contributed by atoms with E-state index in [-0.39, 0.29) is 30.4 Å². The van der Waals surface area contributed by atoms with Crippen molar-refractivity contribution in [2.75, 3.05) is 6.54 Å². The van der Waals surface area contributed by atoms with Crippen LogP contribution in [0, 0.1) is 5.92 Å². The van der Waals surface area contributed by atoms with Gasteiger partial charge in [-0.3, -0.25) is 9.78 Å². The van der Waals surface area contributed by atoms with Crippen LogP contribution in [0.5, 0.6) is 0 Å². The highest BCUT2D eigenvalue weighted by molar-refractivity contribution is 5.85. The lowest BCUT2D eigenvalue weighted by atomic mass is 9.85. The highest BCUT2D eigenvalue weighted by Gasteiger charge is 2.35. The highest BCUT2D eigenvalue weighted by Crippen LogP contribution is 2.35. The number of amides is 1. The third kappa shape index (κ3) is 3.55. The molecule has 0 bridgehead atoms. The van der Waals surface area contributed by atoms with Crippen molar-refractivity contribution in [2.45, 2.75) is 50.6 Å². The summed E-state index contributed by atoms with van der Waals surface area (Å²) in [5, 5.41) is 0. The molecule has 2 N–H and O–H groups in total. The van der Waals surface area contributed by atoms with E-state index >= 15 is 0 Å². The van der Waals surface area contributed by atoms with Gasteiger partial charge in [0.15, 0.2) is 0 Å². The molecule has 1 aliphatic carbocycles. The molecule has 2 fully saturated rings. The Balaban J connectivity index is 0.00000161. The maximum atomic E-state index is 12.8. The van der Waals surface area contributed by atoms with Crippen molar-refractivity contribution >= 4 is 18.3 Å². The minimum atomic E-state index is 0. The summed E-state index contributed by atoms with van der Waals surface area (Å²) >= 11 is 0. The third-order valence-corrected chi connectivity index (χ3v) is 4.69. The van der Waals surface area contributed by atoms with E-state index in [9.17, 15) is 4.79 Å². The first-order valence-electron chi connectivity index (χ1n) is 7.71. The summed E-state index contributed by atoms with van der Waals surface area (Å²) in [4.78, 5) is 18.9. The fourth-order valence-corrected chi connectivity index (χ4v) is 3.65. The molecule has 1 amide bonds. The average molecular weight is 310 g/mol. The SMILES string of the molecule is Cl.NC1CCCC(C(=O)N2CCCC2c2ccncc2)C1. The predicted octanol–water partition coefficient (Wildman–Crippen LogP) is 2.68. The molecule has 1 aromatic rings. The first-order chi connectivity index (χ1) is 9.75. The molecule has 1 aromatic heterocycles. The molecule has 0 aromatic carbocycles. The van der Waals surface area contributed by atoms with Crippen LogP contribution in [0.3, 0.4) is 0 Å². The molecule has 2 heterocycles. The third-order valence-electron chi connectivity index (χ3n) is 4.69. The lowest BCUT2D eigenvalue weighted by Crippen LogP contribution is -2.40. The number of halogens is 1. The smallest absolute Gasteiger partial charge is 0.226 e. The zero-order valence-corrected chi connectivity index (χ0v) is 13.1. The van der Waals surface area contributed by atoms with Gasteiger partial charge in [0.25, 0.3) is 0 Å². The number of rotatable bonds is 2. The number of likely N-dealkylation sites (tertiary alicyclic amines) is 1. The minimum Gasteiger partial charge on any atom is -0.335 e. The Labute approximate surface area is 132 Å². The second-order valence-electron chi connectivity index (χ2n) is 6.09. The molecule has 0 spiro atoms. The first kappa shape index (κ1) is 16.2. The quantitative estimate of drug-likeness (QED) is 0.913. The fraction of sp³-hybridized carbons (Fsp3) is 0.625. The summed E-state index contributed by atoms with van der Waals surface area (Å²) in [6.45, 7) is 0.886. The molecule has 3 atom stereocenters. The standard InChI is InChI=1S/C16H23N3O.ClH/c17-14-4-1-3-13(11-14)16(20)19-10-2-5-15(19)12-6-8-18-9-7-12;/h6-9,13-15H,1-5,10-11,17H2;1H. The molecular weight excluding hydrogens is 286 g/mol. The van der Waals surface area contributed by atoms with Gasteiger partial charge < -0.3 is 10.6 Å². The van der Waals surface area contributed by atoms with Gasteiger partial charge >= 0.3 is 0 Å². The van der Waals surface area contributed by atoms with Gasteiger partial charge in [-0.2, -0.15) is 0 Å². The topological polar surface area (TPSA) is 59.2 Å². The molecule has 2 aliphatic rings.